The molecular weight excluding hydrogens is 365 g/mol. The van der Waals surface area contributed by atoms with Crippen LogP contribution in [-0.4, -0.2) is 36.7 Å². The number of benzene rings is 1. The lowest BCUT2D eigenvalue weighted by Crippen LogP contribution is -2.47. The predicted octanol–water partition coefficient (Wildman–Crippen LogP) is 4.32. The number of halogens is 3. The van der Waals surface area contributed by atoms with E-state index in [0.29, 0.717) is 5.82 Å². The molecule has 2 heterocycles. The fourth-order valence-corrected chi connectivity index (χ4v) is 3.25. The summed E-state index contributed by atoms with van der Waals surface area (Å²) in [7, 11) is 0. The van der Waals surface area contributed by atoms with E-state index >= 15 is 0 Å². The maximum Gasteiger partial charge on any atom is 0.417 e. The summed E-state index contributed by atoms with van der Waals surface area (Å²) in [4.78, 5) is 8.39. The van der Waals surface area contributed by atoms with Crippen LogP contribution in [0.15, 0.2) is 42.6 Å². The molecular formula is C21H27F3N4. The zero-order valence-corrected chi connectivity index (χ0v) is 16.6. The van der Waals surface area contributed by atoms with Crippen molar-refractivity contribution in [3.63, 3.8) is 0 Å². The van der Waals surface area contributed by atoms with E-state index in [0.717, 1.165) is 45.0 Å². The third-order valence-electron chi connectivity index (χ3n) is 4.82. The van der Waals surface area contributed by atoms with Crippen LogP contribution in [0, 0.1) is 0 Å². The second-order valence-electron chi connectivity index (χ2n) is 8.11. The van der Waals surface area contributed by atoms with Gasteiger partial charge in [-0.15, -0.1) is 0 Å². The Morgan fingerprint density at radius 3 is 2.14 bits per heavy atom. The monoisotopic (exact) mass is 392 g/mol. The molecule has 0 bridgehead atoms. The highest BCUT2D eigenvalue weighted by molar-refractivity contribution is 5.55. The summed E-state index contributed by atoms with van der Waals surface area (Å²) in [6.07, 6.45) is -3.44. The van der Waals surface area contributed by atoms with Crippen molar-refractivity contribution in [2.45, 2.75) is 39.0 Å². The highest BCUT2D eigenvalue weighted by atomic mass is 19.4. The first kappa shape index (κ1) is 20.5. The minimum absolute atomic E-state index is 0.0417. The number of hydrogen-bond donors (Lipinski definition) is 1. The Bertz CT molecular complexity index is 773. The zero-order chi connectivity index (χ0) is 20.4. The first-order valence-electron chi connectivity index (χ1n) is 9.49. The van der Waals surface area contributed by atoms with Gasteiger partial charge in [0.2, 0.25) is 0 Å². The number of anilines is 2. The van der Waals surface area contributed by atoms with Crippen molar-refractivity contribution < 1.29 is 13.2 Å². The molecule has 4 nitrogen and oxygen atoms in total. The van der Waals surface area contributed by atoms with Gasteiger partial charge < -0.3 is 15.1 Å². The van der Waals surface area contributed by atoms with Crippen LogP contribution >= 0.6 is 0 Å². The standard InChI is InChI=1S/C21H27F3N4/c1-20(2,3)26-14-16-6-4-5-7-18(16)27-10-12-28(13-11-27)19-9-8-17(15-25-19)21(22,23)24/h4-9,15,26H,10-14H2,1-3H3. The number of piperazine rings is 1. The third-order valence-corrected chi connectivity index (χ3v) is 4.82. The molecule has 0 unspecified atom stereocenters. The van der Waals surface area contributed by atoms with Crippen molar-refractivity contribution in [1.82, 2.24) is 10.3 Å². The Morgan fingerprint density at radius 1 is 0.929 bits per heavy atom. The van der Waals surface area contributed by atoms with Crippen molar-refractivity contribution in [2.75, 3.05) is 36.0 Å². The molecule has 0 spiro atoms. The Kier molecular flexibility index (Phi) is 5.84. The van der Waals surface area contributed by atoms with Crippen molar-refractivity contribution in [2.24, 2.45) is 0 Å². The fourth-order valence-electron chi connectivity index (χ4n) is 3.25. The summed E-state index contributed by atoms with van der Waals surface area (Å²) in [5, 5.41) is 3.53. The Hall–Kier alpha value is -2.28. The lowest BCUT2D eigenvalue weighted by molar-refractivity contribution is -0.137. The average molecular weight is 392 g/mol. The molecule has 0 aliphatic carbocycles. The smallest absolute Gasteiger partial charge is 0.368 e. The number of pyridine rings is 1. The Labute approximate surface area is 164 Å². The van der Waals surface area contributed by atoms with Gasteiger partial charge in [0.15, 0.2) is 0 Å². The molecule has 1 N–H and O–H groups in total. The fraction of sp³-hybridized carbons (Fsp3) is 0.476. The molecule has 1 aliphatic rings. The van der Waals surface area contributed by atoms with Crippen LogP contribution in [0.1, 0.15) is 31.9 Å². The molecule has 1 aliphatic heterocycles. The molecule has 1 saturated heterocycles. The van der Waals surface area contributed by atoms with Gasteiger partial charge in [-0.1, -0.05) is 18.2 Å². The molecule has 28 heavy (non-hydrogen) atoms. The molecule has 7 heteroatoms. The summed E-state index contributed by atoms with van der Waals surface area (Å²) < 4.78 is 38.1. The number of nitrogens with one attached hydrogen (secondary N) is 1. The van der Waals surface area contributed by atoms with E-state index in [4.69, 9.17) is 0 Å². The lowest BCUT2D eigenvalue weighted by Gasteiger charge is -2.38. The average Bonchev–Trinajstić information content (AvgIpc) is 2.66. The Balaban J connectivity index is 1.64. The number of hydrogen-bond acceptors (Lipinski definition) is 4. The van der Waals surface area contributed by atoms with E-state index in [1.165, 1.54) is 17.3 Å². The first-order chi connectivity index (χ1) is 13.1. The van der Waals surface area contributed by atoms with E-state index in [1.54, 1.807) is 0 Å². The summed E-state index contributed by atoms with van der Waals surface area (Å²) in [5.41, 5.74) is 1.79. The van der Waals surface area contributed by atoms with Gasteiger partial charge >= 0.3 is 6.18 Å². The van der Waals surface area contributed by atoms with Gasteiger partial charge in [0.05, 0.1) is 5.56 Å². The topological polar surface area (TPSA) is 31.4 Å². The third kappa shape index (κ3) is 5.16. The van der Waals surface area contributed by atoms with Crippen LogP contribution < -0.4 is 15.1 Å². The highest BCUT2D eigenvalue weighted by Crippen LogP contribution is 2.30. The maximum atomic E-state index is 12.7. The number of alkyl halides is 3. The molecule has 1 aromatic carbocycles. The van der Waals surface area contributed by atoms with Gasteiger partial charge in [-0.05, 0) is 44.5 Å². The van der Waals surface area contributed by atoms with Gasteiger partial charge in [0.1, 0.15) is 5.82 Å². The van der Waals surface area contributed by atoms with Gasteiger partial charge in [-0.25, -0.2) is 4.98 Å². The highest BCUT2D eigenvalue weighted by Gasteiger charge is 2.31. The van der Waals surface area contributed by atoms with Crippen LogP contribution in [-0.2, 0) is 12.7 Å². The minimum atomic E-state index is -4.35. The molecule has 152 valence electrons. The normalized spacial score (nSPS) is 15.8. The predicted molar refractivity (Wildman–Crippen MR) is 107 cm³/mol. The minimum Gasteiger partial charge on any atom is -0.368 e. The van der Waals surface area contributed by atoms with Crippen LogP contribution in [0.4, 0.5) is 24.7 Å². The zero-order valence-electron chi connectivity index (χ0n) is 16.6. The molecule has 0 atom stereocenters. The second kappa shape index (κ2) is 7.99. The summed E-state index contributed by atoms with van der Waals surface area (Å²) in [5.74, 6) is 0.593. The number of rotatable bonds is 4. The molecule has 0 radical (unpaired) electrons. The summed E-state index contributed by atoms with van der Waals surface area (Å²) >= 11 is 0. The van der Waals surface area contributed by atoms with E-state index in [-0.39, 0.29) is 5.54 Å². The van der Waals surface area contributed by atoms with Crippen molar-refractivity contribution in [3.05, 3.63) is 53.7 Å². The van der Waals surface area contributed by atoms with Gasteiger partial charge in [0, 0.05) is 50.1 Å². The van der Waals surface area contributed by atoms with E-state index < -0.39 is 11.7 Å². The quantitative estimate of drug-likeness (QED) is 0.840. The van der Waals surface area contributed by atoms with Gasteiger partial charge in [-0.2, -0.15) is 13.2 Å². The Morgan fingerprint density at radius 2 is 1.57 bits per heavy atom. The molecule has 3 rings (SSSR count). The summed E-state index contributed by atoms with van der Waals surface area (Å²) in [6, 6.07) is 10.9. The lowest BCUT2D eigenvalue weighted by atomic mass is 10.1. The van der Waals surface area contributed by atoms with Gasteiger partial charge in [0.25, 0.3) is 0 Å². The van der Waals surface area contributed by atoms with Gasteiger partial charge in [-0.3, -0.25) is 0 Å². The largest absolute Gasteiger partial charge is 0.417 e. The van der Waals surface area contributed by atoms with Crippen LogP contribution in [0.2, 0.25) is 0 Å². The first-order valence-corrected chi connectivity index (χ1v) is 9.49. The van der Waals surface area contributed by atoms with E-state index in [2.05, 4.69) is 48.1 Å². The number of aromatic nitrogens is 1. The van der Waals surface area contributed by atoms with Crippen LogP contribution in [0.3, 0.4) is 0 Å². The van der Waals surface area contributed by atoms with Crippen molar-refractivity contribution >= 4 is 11.5 Å². The SMILES string of the molecule is CC(C)(C)NCc1ccccc1N1CCN(c2ccc(C(F)(F)F)cn2)CC1. The molecule has 2 aromatic rings. The molecule has 0 saturated carbocycles. The molecule has 1 aromatic heterocycles. The van der Waals surface area contributed by atoms with E-state index in [9.17, 15) is 13.2 Å². The molecule has 0 amide bonds. The van der Waals surface area contributed by atoms with Crippen molar-refractivity contribution in [3.8, 4) is 0 Å². The second-order valence-corrected chi connectivity index (χ2v) is 8.11. The van der Waals surface area contributed by atoms with Crippen molar-refractivity contribution in [1.29, 1.82) is 0 Å². The van der Waals surface area contributed by atoms with E-state index in [1.807, 2.05) is 17.0 Å². The summed E-state index contributed by atoms with van der Waals surface area (Å²) in [6.45, 7) is 10.3. The molecule has 1 fully saturated rings. The number of para-hydroxylation sites is 1. The number of nitrogens with zero attached hydrogens (tertiary/aromatic N) is 3. The maximum absolute atomic E-state index is 12.7. The van der Waals surface area contributed by atoms with Crippen LogP contribution in [0.25, 0.3) is 0 Å². The van der Waals surface area contributed by atoms with Crippen LogP contribution in [0.5, 0.6) is 0 Å².